The second-order valence-electron chi connectivity index (χ2n) is 11.2. The summed E-state index contributed by atoms with van der Waals surface area (Å²) >= 11 is 1.33. The smallest absolute Gasteiger partial charge is 0.264 e. The Hall–Kier alpha value is -3.67. The van der Waals surface area contributed by atoms with Crippen LogP contribution >= 0.6 is 11.3 Å². The quantitative estimate of drug-likeness (QED) is 0.277. The average Bonchev–Trinajstić information content (AvgIpc) is 3.54. The number of benzene rings is 2. The highest BCUT2D eigenvalue weighted by Crippen LogP contribution is 2.19. The summed E-state index contributed by atoms with van der Waals surface area (Å²) in [6.45, 7) is 8.03. The molecule has 1 unspecified atom stereocenters. The number of rotatable bonds is 12. The van der Waals surface area contributed by atoms with Gasteiger partial charge in [0.15, 0.2) is 0 Å². The Morgan fingerprint density at radius 2 is 1.75 bits per heavy atom. The van der Waals surface area contributed by atoms with Gasteiger partial charge in [0.2, 0.25) is 0 Å². The summed E-state index contributed by atoms with van der Waals surface area (Å²) in [7, 11) is 0. The number of carbonyl (C=O) groups excluding carboxylic acids is 3. The highest BCUT2D eigenvalue weighted by molar-refractivity contribution is 7.12. The first-order valence-electron chi connectivity index (χ1n) is 15.0. The number of piperazine rings is 1. The Balaban J connectivity index is 1.59. The Labute approximate surface area is 261 Å². The first kappa shape index (κ1) is 33.2. The van der Waals surface area contributed by atoms with E-state index < -0.39 is 35.7 Å². The second kappa shape index (κ2) is 15.4. The van der Waals surface area contributed by atoms with Gasteiger partial charge >= 0.3 is 0 Å². The molecule has 8 nitrogen and oxygen atoms in total. The number of amides is 3. The minimum Gasteiger partial charge on any atom is -0.389 e. The van der Waals surface area contributed by atoms with Crippen molar-refractivity contribution in [3.8, 4) is 0 Å². The number of halogens is 2. The van der Waals surface area contributed by atoms with Gasteiger partial charge in [-0.25, -0.2) is 8.78 Å². The molecule has 4 rings (SSSR count). The lowest BCUT2D eigenvalue weighted by atomic mass is 9.94. The maximum atomic E-state index is 14.1. The van der Waals surface area contributed by atoms with Crippen LogP contribution < -0.4 is 10.6 Å². The molecule has 1 aromatic heterocycles. The summed E-state index contributed by atoms with van der Waals surface area (Å²) in [6, 6.07) is 9.95. The molecule has 0 radical (unpaired) electrons. The van der Waals surface area contributed by atoms with Gasteiger partial charge in [0.1, 0.15) is 11.6 Å². The number of hydrogen-bond donors (Lipinski definition) is 3. The Morgan fingerprint density at radius 1 is 1.07 bits per heavy atom. The van der Waals surface area contributed by atoms with Crippen LogP contribution in [0, 0.1) is 18.6 Å². The van der Waals surface area contributed by atoms with Gasteiger partial charge in [0.25, 0.3) is 17.7 Å². The van der Waals surface area contributed by atoms with Gasteiger partial charge in [0.05, 0.1) is 23.1 Å². The van der Waals surface area contributed by atoms with E-state index in [4.69, 9.17) is 0 Å². The SMILES string of the molecule is CCCN(CCC)C(=O)c1cc(C)cc(C(=O)N[C@@H](Cc2cc(F)cc(F)c2)C(O)[C@H]2CN(C(=O)c3cccs3)CCN2)c1. The van der Waals surface area contributed by atoms with Crippen molar-refractivity contribution in [3.63, 3.8) is 0 Å². The van der Waals surface area contributed by atoms with Crippen LogP contribution in [0.4, 0.5) is 8.78 Å². The number of hydrogen-bond acceptors (Lipinski definition) is 6. The Kier molecular flexibility index (Phi) is 11.6. The van der Waals surface area contributed by atoms with Crippen LogP contribution in [-0.4, -0.2) is 83.5 Å². The molecule has 3 N–H and O–H groups in total. The summed E-state index contributed by atoms with van der Waals surface area (Å²) in [5.74, 6) is -2.39. The highest BCUT2D eigenvalue weighted by Gasteiger charge is 2.34. The first-order valence-corrected chi connectivity index (χ1v) is 15.9. The molecule has 3 atom stereocenters. The fraction of sp³-hybridized carbons (Fsp3) is 0.424. The predicted octanol–water partition coefficient (Wildman–Crippen LogP) is 4.41. The van der Waals surface area contributed by atoms with E-state index in [1.165, 1.54) is 17.4 Å². The molecule has 1 aliphatic heterocycles. The molecule has 44 heavy (non-hydrogen) atoms. The average molecular weight is 627 g/mol. The second-order valence-corrected chi connectivity index (χ2v) is 12.2. The van der Waals surface area contributed by atoms with Crippen molar-refractivity contribution in [1.82, 2.24) is 20.4 Å². The molecular weight excluding hydrogens is 586 g/mol. The van der Waals surface area contributed by atoms with Gasteiger partial charge in [0, 0.05) is 49.9 Å². The molecule has 1 saturated heterocycles. The van der Waals surface area contributed by atoms with E-state index >= 15 is 0 Å². The van der Waals surface area contributed by atoms with Gasteiger partial charge in [-0.2, -0.15) is 0 Å². The fourth-order valence-electron chi connectivity index (χ4n) is 5.59. The van der Waals surface area contributed by atoms with E-state index in [1.54, 1.807) is 41.0 Å². The molecule has 1 fully saturated rings. The number of thiophene rings is 1. The van der Waals surface area contributed by atoms with Gasteiger partial charge in [-0.1, -0.05) is 19.9 Å². The van der Waals surface area contributed by atoms with Crippen molar-refractivity contribution in [2.24, 2.45) is 0 Å². The maximum absolute atomic E-state index is 14.1. The predicted molar refractivity (Wildman–Crippen MR) is 167 cm³/mol. The topological polar surface area (TPSA) is 102 Å². The normalized spacial score (nSPS) is 16.3. The van der Waals surface area contributed by atoms with E-state index in [-0.39, 0.29) is 35.9 Å². The number of nitrogens with one attached hydrogen (secondary N) is 2. The molecule has 11 heteroatoms. The van der Waals surface area contributed by atoms with Crippen LogP contribution in [0.1, 0.15) is 68.2 Å². The van der Waals surface area contributed by atoms with Gasteiger partial charge in [-0.3, -0.25) is 14.4 Å². The molecule has 0 spiro atoms. The van der Waals surface area contributed by atoms with E-state index in [2.05, 4.69) is 10.6 Å². The molecule has 2 aromatic carbocycles. The van der Waals surface area contributed by atoms with E-state index in [9.17, 15) is 28.3 Å². The van der Waals surface area contributed by atoms with Crippen molar-refractivity contribution in [2.75, 3.05) is 32.7 Å². The molecule has 3 amide bonds. The van der Waals surface area contributed by atoms with Crippen molar-refractivity contribution in [1.29, 1.82) is 0 Å². The monoisotopic (exact) mass is 626 g/mol. The van der Waals surface area contributed by atoms with Crippen LogP contribution in [0.15, 0.2) is 53.9 Å². The van der Waals surface area contributed by atoms with E-state index in [1.807, 2.05) is 19.2 Å². The number of nitrogens with zero attached hydrogens (tertiary/aromatic N) is 2. The number of aryl methyl sites for hydroxylation is 1. The van der Waals surface area contributed by atoms with Crippen LogP contribution in [0.25, 0.3) is 0 Å². The number of aliphatic hydroxyl groups excluding tert-OH is 1. The van der Waals surface area contributed by atoms with E-state index in [0.29, 0.717) is 36.6 Å². The minimum atomic E-state index is -1.22. The molecule has 0 bridgehead atoms. The summed E-state index contributed by atoms with van der Waals surface area (Å²) in [6.07, 6.45) is 0.310. The van der Waals surface area contributed by atoms with Gasteiger partial charge < -0.3 is 25.5 Å². The van der Waals surface area contributed by atoms with Crippen molar-refractivity contribution >= 4 is 29.1 Å². The van der Waals surface area contributed by atoms with Crippen LogP contribution in [0.2, 0.25) is 0 Å². The lowest BCUT2D eigenvalue weighted by Gasteiger charge is -2.38. The lowest BCUT2D eigenvalue weighted by molar-refractivity contribution is 0.0411. The van der Waals surface area contributed by atoms with Crippen LogP contribution in [0.3, 0.4) is 0 Å². The summed E-state index contributed by atoms with van der Waals surface area (Å²) in [4.78, 5) is 44.0. The minimum absolute atomic E-state index is 0.0724. The summed E-state index contributed by atoms with van der Waals surface area (Å²) in [5, 5.41) is 19.5. The maximum Gasteiger partial charge on any atom is 0.264 e. The fourth-order valence-corrected chi connectivity index (χ4v) is 6.29. The van der Waals surface area contributed by atoms with Crippen molar-refractivity contribution in [2.45, 2.75) is 58.2 Å². The molecule has 1 aliphatic rings. The van der Waals surface area contributed by atoms with Gasteiger partial charge in [-0.05, 0) is 79.1 Å². The Bertz CT molecular complexity index is 1430. The lowest BCUT2D eigenvalue weighted by Crippen LogP contribution is -2.62. The molecule has 0 saturated carbocycles. The third-order valence-corrected chi connectivity index (χ3v) is 8.46. The van der Waals surface area contributed by atoms with Crippen molar-refractivity contribution in [3.05, 3.63) is 92.7 Å². The zero-order valence-corrected chi connectivity index (χ0v) is 26.1. The third-order valence-electron chi connectivity index (χ3n) is 7.60. The number of carbonyl (C=O) groups is 3. The van der Waals surface area contributed by atoms with E-state index in [0.717, 1.165) is 36.6 Å². The summed E-state index contributed by atoms with van der Waals surface area (Å²) < 4.78 is 28.2. The number of aliphatic hydroxyl groups is 1. The van der Waals surface area contributed by atoms with Crippen LogP contribution in [-0.2, 0) is 6.42 Å². The Morgan fingerprint density at radius 3 is 2.39 bits per heavy atom. The zero-order valence-electron chi connectivity index (χ0n) is 25.3. The molecule has 3 aromatic rings. The molecule has 236 valence electrons. The summed E-state index contributed by atoms with van der Waals surface area (Å²) in [5.41, 5.74) is 1.59. The molecule has 2 heterocycles. The highest BCUT2D eigenvalue weighted by atomic mass is 32.1. The zero-order chi connectivity index (χ0) is 31.8. The molecular formula is C33H40F2N4O4S. The van der Waals surface area contributed by atoms with Gasteiger partial charge in [-0.15, -0.1) is 11.3 Å². The van der Waals surface area contributed by atoms with Crippen LogP contribution in [0.5, 0.6) is 0 Å². The standard InChI is InChI=1S/C33H40F2N4O4S/c1-4-9-38(10-5-2)32(42)24-14-21(3)13-23(18-24)31(41)37-27(17-22-15-25(34)19-26(35)16-22)30(40)28-20-39(11-8-36-28)33(43)29-7-6-12-44-29/h6-7,12-16,18-19,27-28,30,36,40H,4-5,8-11,17,20H2,1-3H3,(H,37,41)/t27-,28+,30?/m0/s1. The van der Waals surface area contributed by atoms with Crippen molar-refractivity contribution < 1.29 is 28.3 Å². The molecule has 0 aliphatic carbocycles. The first-order chi connectivity index (χ1) is 21.1. The largest absolute Gasteiger partial charge is 0.389 e. The third kappa shape index (κ3) is 8.49.